The van der Waals surface area contributed by atoms with E-state index < -0.39 is 0 Å². The Labute approximate surface area is 116 Å². The van der Waals surface area contributed by atoms with Crippen LogP contribution >= 0.6 is 0 Å². The summed E-state index contributed by atoms with van der Waals surface area (Å²) in [5, 5.41) is 0. The maximum absolute atomic E-state index is 5.40. The van der Waals surface area contributed by atoms with Gasteiger partial charge in [-0.05, 0) is 20.9 Å². The Kier molecular flexibility index (Phi) is 5.36. The van der Waals surface area contributed by atoms with E-state index in [2.05, 4.69) is 40.2 Å². The highest BCUT2D eigenvalue weighted by molar-refractivity contribution is 4.98. The average molecular weight is 266 g/mol. The van der Waals surface area contributed by atoms with Gasteiger partial charge < -0.3 is 9.30 Å². The molecule has 5 nitrogen and oxygen atoms in total. The van der Waals surface area contributed by atoms with Gasteiger partial charge in [0.2, 0.25) is 0 Å². The van der Waals surface area contributed by atoms with Gasteiger partial charge in [0, 0.05) is 45.0 Å². The molecule has 1 unspecified atom stereocenters. The van der Waals surface area contributed by atoms with Gasteiger partial charge in [0.1, 0.15) is 0 Å². The topological polar surface area (TPSA) is 33.5 Å². The fraction of sp³-hybridized carbons (Fsp3) is 0.786. The molecule has 1 saturated heterocycles. The minimum atomic E-state index is 0.576. The van der Waals surface area contributed by atoms with Crippen molar-refractivity contribution in [3.8, 4) is 0 Å². The van der Waals surface area contributed by atoms with Crippen molar-refractivity contribution in [1.82, 2.24) is 19.4 Å². The van der Waals surface area contributed by atoms with Crippen LogP contribution in [-0.2, 0) is 17.8 Å². The van der Waals surface area contributed by atoms with Gasteiger partial charge in [0.05, 0.1) is 25.2 Å². The number of hydrogen-bond acceptors (Lipinski definition) is 4. The minimum Gasteiger partial charge on any atom is -0.379 e. The van der Waals surface area contributed by atoms with Crippen molar-refractivity contribution in [2.45, 2.75) is 33.0 Å². The molecular weight excluding hydrogens is 240 g/mol. The van der Waals surface area contributed by atoms with E-state index in [1.54, 1.807) is 0 Å². The molecule has 0 aromatic carbocycles. The van der Waals surface area contributed by atoms with Crippen molar-refractivity contribution in [2.75, 3.05) is 39.9 Å². The van der Waals surface area contributed by atoms with Crippen LogP contribution in [0.25, 0.3) is 0 Å². The molecule has 1 aliphatic rings. The summed E-state index contributed by atoms with van der Waals surface area (Å²) in [6.45, 7) is 11.3. The third-order valence-electron chi connectivity index (χ3n) is 3.82. The molecule has 0 N–H and O–H groups in total. The molecule has 1 atom stereocenters. The highest BCUT2D eigenvalue weighted by atomic mass is 16.5. The molecule has 0 radical (unpaired) electrons. The first-order valence-electron chi connectivity index (χ1n) is 7.20. The number of morpholine rings is 1. The van der Waals surface area contributed by atoms with Crippen LogP contribution in [0.4, 0.5) is 0 Å². The van der Waals surface area contributed by atoms with Gasteiger partial charge in [-0.3, -0.25) is 9.80 Å². The molecule has 2 heterocycles. The first-order chi connectivity index (χ1) is 9.20. The number of hydrogen-bond donors (Lipinski definition) is 0. The van der Waals surface area contributed by atoms with E-state index in [0.29, 0.717) is 6.04 Å². The summed E-state index contributed by atoms with van der Waals surface area (Å²) in [5.41, 5.74) is 1.29. The second-order valence-electron chi connectivity index (χ2n) is 5.37. The lowest BCUT2D eigenvalue weighted by molar-refractivity contribution is 0.0136. The highest BCUT2D eigenvalue weighted by Gasteiger charge is 2.18. The van der Waals surface area contributed by atoms with Crippen LogP contribution in [0.15, 0.2) is 12.5 Å². The molecule has 2 rings (SSSR count). The molecule has 1 aliphatic heterocycles. The predicted octanol–water partition coefficient (Wildman–Crippen LogP) is 1.06. The maximum atomic E-state index is 5.40. The Bertz CT molecular complexity index is 373. The molecule has 0 aliphatic carbocycles. The lowest BCUT2D eigenvalue weighted by Crippen LogP contribution is -2.46. The summed E-state index contributed by atoms with van der Waals surface area (Å²) < 4.78 is 7.61. The first-order valence-corrected chi connectivity index (χ1v) is 7.20. The van der Waals surface area contributed by atoms with Crippen molar-refractivity contribution >= 4 is 0 Å². The smallest absolute Gasteiger partial charge is 0.0948 e. The molecule has 1 fully saturated rings. The van der Waals surface area contributed by atoms with Crippen LogP contribution in [0.5, 0.6) is 0 Å². The third-order valence-corrected chi connectivity index (χ3v) is 3.82. The SMILES string of the molecule is CCn1cncc1CN(C)CC(C)N1CCOCC1. The molecule has 5 heteroatoms. The molecule has 0 bridgehead atoms. The zero-order chi connectivity index (χ0) is 13.7. The van der Waals surface area contributed by atoms with E-state index in [1.165, 1.54) is 5.69 Å². The van der Waals surface area contributed by atoms with E-state index in [0.717, 1.165) is 45.9 Å². The number of aryl methyl sites for hydroxylation is 1. The number of ether oxygens (including phenoxy) is 1. The van der Waals surface area contributed by atoms with E-state index in [4.69, 9.17) is 4.74 Å². The van der Waals surface area contributed by atoms with Gasteiger partial charge in [0.25, 0.3) is 0 Å². The van der Waals surface area contributed by atoms with Crippen molar-refractivity contribution in [2.24, 2.45) is 0 Å². The van der Waals surface area contributed by atoms with E-state index in [1.807, 2.05) is 12.5 Å². The quantitative estimate of drug-likeness (QED) is 0.771. The van der Waals surface area contributed by atoms with E-state index >= 15 is 0 Å². The summed E-state index contributed by atoms with van der Waals surface area (Å²) in [5.74, 6) is 0. The van der Waals surface area contributed by atoms with E-state index in [-0.39, 0.29) is 0 Å². The molecule has 0 amide bonds. The molecule has 19 heavy (non-hydrogen) atoms. The van der Waals surface area contributed by atoms with Crippen LogP contribution in [0.3, 0.4) is 0 Å². The molecule has 108 valence electrons. The van der Waals surface area contributed by atoms with Gasteiger partial charge >= 0.3 is 0 Å². The van der Waals surface area contributed by atoms with Crippen LogP contribution in [0.1, 0.15) is 19.5 Å². The maximum Gasteiger partial charge on any atom is 0.0948 e. The fourth-order valence-electron chi connectivity index (χ4n) is 2.69. The van der Waals surface area contributed by atoms with Gasteiger partial charge in [-0.15, -0.1) is 0 Å². The summed E-state index contributed by atoms with van der Waals surface area (Å²) >= 11 is 0. The fourth-order valence-corrected chi connectivity index (χ4v) is 2.69. The van der Waals surface area contributed by atoms with Crippen molar-refractivity contribution < 1.29 is 4.74 Å². The van der Waals surface area contributed by atoms with Crippen molar-refractivity contribution in [3.63, 3.8) is 0 Å². The first kappa shape index (κ1) is 14.5. The standard InChI is InChI=1S/C14H26N4O/c1-4-17-12-15-9-14(17)11-16(3)10-13(2)18-5-7-19-8-6-18/h9,12-13H,4-8,10-11H2,1-3H3. The van der Waals surface area contributed by atoms with Crippen molar-refractivity contribution in [3.05, 3.63) is 18.2 Å². The second kappa shape index (κ2) is 7.03. The van der Waals surface area contributed by atoms with Crippen LogP contribution in [-0.4, -0.2) is 65.3 Å². The Morgan fingerprint density at radius 2 is 2.16 bits per heavy atom. The summed E-state index contributed by atoms with van der Waals surface area (Å²) in [4.78, 5) is 9.11. The van der Waals surface area contributed by atoms with Crippen LogP contribution < -0.4 is 0 Å². The van der Waals surface area contributed by atoms with Crippen LogP contribution in [0.2, 0.25) is 0 Å². The van der Waals surface area contributed by atoms with Gasteiger partial charge in [-0.1, -0.05) is 0 Å². The lowest BCUT2D eigenvalue weighted by atomic mass is 10.2. The zero-order valence-electron chi connectivity index (χ0n) is 12.4. The Morgan fingerprint density at radius 3 is 2.84 bits per heavy atom. The largest absolute Gasteiger partial charge is 0.379 e. The Hall–Kier alpha value is -0.910. The third kappa shape index (κ3) is 4.03. The second-order valence-corrected chi connectivity index (χ2v) is 5.37. The molecule has 1 aromatic heterocycles. The van der Waals surface area contributed by atoms with Gasteiger partial charge in [0.15, 0.2) is 0 Å². The van der Waals surface area contributed by atoms with Gasteiger partial charge in [-0.25, -0.2) is 4.98 Å². The van der Waals surface area contributed by atoms with E-state index in [9.17, 15) is 0 Å². The average Bonchev–Trinajstić information content (AvgIpc) is 2.86. The number of imidazole rings is 1. The number of likely N-dealkylation sites (N-methyl/N-ethyl adjacent to an activating group) is 1. The zero-order valence-corrected chi connectivity index (χ0v) is 12.4. The van der Waals surface area contributed by atoms with Gasteiger partial charge in [-0.2, -0.15) is 0 Å². The normalized spacial score (nSPS) is 18.9. The monoisotopic (exact) mass is 266 g/mol. The molecule has 0 spiro atoms. The summed E-state index contributed by atoms with van der Waals surface area (Å²) in [6.07, 6.45) is 3.88. The highest BCUT2D eigenvalue weighted by Crippen LogP contribution is 2.08. The summed E-state index contributed by atoms with van der Waals surface area (Å²) in [6, 6.07) is 0.576. The Balaban J connectivity index is 1.81. The number of rotatable bonds is 6. The van der Waals surface area contributed by atoms with Crippen LogP contribution in [0, 0.1) is 0 Å². The minimum absolute atomic E-state index is 0.576. The number of nitrogens with zero attached hydrogens (tertiary/aromatic N) is 4. The molecular formula is C14H26N4O. The van der Waals surface area contributed by atoms with Crippen molar-refractivity contribution in [1.29, 1.82) is 0 Å². The molecule has 0 saturated carbocycles. The predicted molar refractivity (Wildman–Crippen MR) is 76.1 cm³/mol. The molecule has 1 aromatic rings. The Morgan fingerprint density at radius 1 is 1.42 bits per heavy atom. The number of aromatic nitrogens is 2. The lowest BCUT2D eigenvalue weighted by Gasteiger charge is -2.34. The summed E-state index contributed by atoms with van der Waals surface area (Å²) in [7, 11) is 2.18.